The maximum absolute atomic E-state index is 14.1. The topological polar surface area (TPSA) is 131 Å². The number of carbonyl (C=O) groups excluding carboxylic acids is 2. The number of amides is 1. The Labute approximate surface area is 253 Å². The Morgan fingerprint density at radius 1 is 1.09 bits per heavy atom. The molecule has 2 aliphatic rings. The number of ketones is 1. The zero-order valence-electron chi connectivity index (χ0n) is 22.7. The summed E-state index contributed by atoms with van der Waals surface area (Å²) in [4.78, 5) is 28.3. The van der Waals surface area contributed by atoms with Crippen molar-refractivity contribution in [1.29, 1.82) is 0 Å². The monoisotopic (exact) mass is 621 g/mol. The molecular weight excluding hydrogens is 597 g/mol. The van der Waals surface area contributed by atoms with E-state index in [2.05, 4.69) is 10.2 Å². The number of ether oxygens (including phenoxy) is 3. The highest BCUT2D eigenvalue weighted by molar-refractivity contribution is 8.00. The summed E-state index contributed by atoms with van der Waals surface area (Å²) >= 11 is 2.29. The molecule has 1 saturated heterocycles. The Morgan fingerprint density at radius 3 is 2.67 bits per heavy atom. The van der Waals surface area contributed by atoms with Gasteiger partial charge in [0.1, 0.15) is 24.8 Å². The normalized spacial score (nSPS) is 17.3. The van der Waals surface area contributed by atoms with Crippen molar-refractivity contribution < 1.29 is 38.4 Å². The highest BCUT2D eigenvalue weighted by atomic mass is 32.2. The van der Waals surface area contributed by atoms with Gasteiger partial charge in [0.25, 0.3) is 5.78 Å². The summed E-state index contributed by atoms with van der Waals surface area (Å²) in [7, 11) is 0. The van der Waals surface area contributed by atoms with Crippen LogP contribution in [0.2, 0.25) is 0 Å². The number of Topliss-reactive ketones (excluding diaryl/α,β-unsaturated/α-hetero) is 1. The van der Waals surface area contributed by atoms with Gasteiger partial charge in [-0.3, -0.25) is 14.5 Å². The number of fused-ring (bicyclic) bond motifs is 1. The minimum Gasteiger partial charge on any atom is -0.507 e. The van der Waals surface area contributed by atoms with Crippen molar-refractivity contribution in [2.24, 2.45) is 0 Å². The third kappa shape index (κ3) is 5.48. The zero-order valence-corrected chi connectivity index (χ0v) is 24.3. The largest absolute Gasteiger partial charge is 0.507 e. The third-order valence-corrected chi connectivity index (χ3v) is 8.88. The molecule has 0 radical (unpaired) electrons. The summed E-state index contributed by atoms with van der Waals surface area (Å²) in [6, 6.07) is 14.4. The molecule has 0 aliphatic carbocycles. The number of hydrogen-bond donors (Lipinski definition) is 2. The molecule has 13 heteroatoms. The summed E-state index contributed by atoms with van der Waals surface area (Å²) in [6.45, 7) is 2.72. The van der Waals surface area contributed by atoms with E-state index in [0.717, 1.165) is 11.3 Å². The maximum Gasteiger partial charge on any atom is 0.301 e. The lowest BCUT2D eigenvalue weighted by molar-refractivity contribution is -0.132. The van der Waals surface area contributed by atoms with Crippen molar-refractivity contribution in [2.45, 2.75) is 23.1 Å². The summed E-state index contributed by atoms with van der Waals surface area (Å²) in [5, 5.41) is 30.3. The molecule has 1 aromatic heterocycles. The van der Waals surface area contributed by atoms with Gasteiger partial charge in [-0.1, -0.05) is 47.4 Å². The smallest absolute Gasteiger partial charge is 0.301 e. The molecule has 1 unspecified atom stereocenters. The first-order chi connectivity index (χ1) is 20.9. The molecule has 4 aromatic rings. The molecule has 220 valence electrons. The van der Waals surface area contributed by atoms with Gasteiger partial charge < -0.3 is 24.4 Å². The Balaban J connectivity index is 1.42. The number of phenols is 1. The fourth-order valence-corrected chi connectivity index (χ4v) is 6.63. The molecule has 1 atom stereocenters. The molecule has 3 aromatic carbocycles. The van der Waals surface area contributed by atoms with Gasteiger partial charge >= 0.3 is 5.91 Å². The number of benzene rings is 3. The van der Waals surface area contributed by atoms with Crippen LogP contribution in [0.5, 0.6) is 23.0 Å². The Kier molecular flexibility index (Phi) is 7.91. The number of anilines is 1. The van der Waals surface area contributed by atoms with Gasteiger partial charge in [0.15, 0.2) is 27.3 Å². The van der Waals surface area contributed by atoms with Crippen molar-refractivity contribution in [3.63, 3.8) is 0 Å². The van der Waals surface area contributed by atoms with E-state index in [1.54, 1.807) is 43.3 Å². The Bertz CT molecular complexity index is 1760. The van der Waals surface area contributed by atoms with E-state index < -0.39 is 23.5 Å². The van der Waals surface area contributed by atoms with Crippen LogP contribution in [0, 0.1) is 5.82 Å². The van der Waals surface area contributed by atoms with E-state index in [9.17, 15) is 24.2 Å². The Morgan fingerprint density at radius 2 is 1.88 bits per heavy atom. The lowest BCUT2D eigenvalue weighted by Gasteiger charge is -2.23. The van der Waals surface area contributed by atoms with Crippen LogP contribution in [0.1, 0.15) is 29.7 Å². The number of aromatic hydroxyl groups is 1. The van der Waals surface area contributed by atoms with E-state index in [0.29, 0.717) is 40.2 Å². The number of carbonyl (C=O) groups is 2. The first kappa shape index (κ1) is 28.5. The number of hydrogen-bond acceptors (Lipinski definition) is 11. The number of aliphatic hydroxyl groups excluding tert-OH is 1. The van der Waals surface area contributed by atoms with Crippen molar-refractivity contribution >= 4 is 45.7 Å². The van der Waals surface area contributed by atoms with E-state index in [4.69, 9.17) is 14.2 Å². The summed E-state index contributed by atoms with van der Waals surface area (Å²) in [5.74, 6) is -1.44. The molecule has 0 spiro atoms. The van der Waals surface area contributed by atoms with Crippen LogP contribution in [0.3, 0.4) is 0 Å². The number of phenolic OH excluding ortho intramolecular Hbond substituents is 1. The molecule has 10 nitrogen and oxygen atoms in total. The highest BCUT2D eigenvalue weighted by Gasteiger charge is 2.48. The molecule has 1 fully saturated rings. The van der Waals surface area contributed by atoms with Gasteiger partial charge in [-0.15, -0.1) is 10.2 Å². The first-order valence-electron chi connectivity index (χ1n) is 13.2. The number of aromatic nitrogens is 2. The van der Waals surface area contributed by atoms with Gasteiger partial charge in [0.05, 0.1) is 18.2 Å². The van der Waals surface area contributed by atoms with Gasteiger partial charge in [-0.05, 0) is 54.4 Å². The summed E-state index contributed by atoms with van der Waals surface area (Å²) in [6.07, 6.45) is 0. The fraction of sp³-hybridized carbons (Fsp3) is 0.200. The van der Waals surface area contributed by atoms with Gasteiger partial charge in [0.2, 0.25) is 5.13 Å². The zero-order chi connectivity index (χ0) is 30.1. The number of rotatable bonds is 8. The van der Waals surface area contributed by atoms with E-state index in [1.807, 2.05) is 0 Å². The van der Waals surface area contributed by atoms with Gasteiger partial charge in [-0.2, -0.15) is 0 Å². The third-order valence-electron chi connectivity index (χ3n) is 6.77. The maximum atomic E-state index is 14.1. The van der Waals surface area contributed by atoms with Crippen LogP contribution in [-0.2, 0) is 15.3 Å². The molecule has 3 heterocycles. The first-order valence-corrected chi connectivity index (χ1v) is 15.0. The number of halogens is 1. The molecule has 43 heavy (non-hydrogen) atoms. The van der Waals surface area contributed by atoms with E-state index in [1.165, 1.54) is 40.9 Å². The summed E-state index contributed by atoms with van der Waals surface area (Å²) < 4.78 is 31.3. The molecule has 1 amide bonds. The molecule has 2 aliphatic heterocycles. The van der Waals surface area contributed by atoms with Crippen molar-refractivity contribution in [2.75, 3.05) is 24.7 Å². The SMILES string of the molecule is CCOc1cc(C2/C(=C(\O)c3ccc4c(c3)OCCO4)C(=O)C(=O)N2c2nnc(SCc3ccccc3F)s2)ccc1O. The van der Waals surface area contributed by atoms with Gasteiger partial charge in [-0.25, -0.2) is 4.39 Å². The minimum absolute atomic E-state index is 0.107. The molecule has 0 bridgehead atoms. The number of nitrogens with zero attached hydrogens (tertiary/aromatic N) is 3. The average molecular weight is 622 g/mol. The second-order valence-electron chi connectivity index (χ2n) is 9.42. The molecule has 0 saturated carbocycles. The lowest BCUT2D eigenvalue weighted by Crippen LogP contribution is -2.29. The molecule has 2 N–H and O–H groups in total. The quantitative estimate of drug-likeness (QED) is 0.0858. The lowest BCUT2D eigenvalue weighted by atomic mass is 9.95. The predicted molar refractivity (Wildman–Crippen MR) is 157 cm³/mol. The van der Waals surface area contributed by atoms with Crippen molar-refractivity contribution in [3.05, 3.63) is 88.7 Å². The molecule has 6 rings (SSSR count). The van der Waals surface area contributed by atoms with Crippen molar-refractivity contribution in [1.82, 2.24) is 10.2 Å². The number of aliphatic hydroxyl groups is 1. The minimum atomic E-state index is -1.13. The summed E-state index contributed by atoms with van der Waals surface area (Å²) in [5.41, 5.74) is 0.923. The second-order valence-corrected chi connectivity index (χ2v) is 11.6. The predicted octanol–water partition coefficient (Wildman–Crippen LogP) is 5.47. The van der Waals surface area contributed by atoms with E-state index in [-0.39, 0.29) is 45.9 Å². The van der Waals surface area contributed by atoms with Gasteiger partial charge in [0, 0.05) is 11.3 Å². The van der Waals surface area contributed by atoms with Crippen LogP contribution < -0.4 is 19.1 Å². The number of thioether (sulfide) groups is 1. The average Bonchev–Trinajstić information content (AvgIpc) is 3.59. The van der Waals surface area contributed by atoms with Crippen LogP contribution in [-0.4, -0.2) is 51.9 Å². The second kappa shape index (κ2) is 11.9. The van der Waals surface area contributed by atoms with Crippen LogP contribution in [0.15, 0.2) is 70.6 Å². The molecular formula is C30H24FN3O7S2. The standard InChI is InChI=1S/C30H24FN3O7S2/c1-2-39-22-13-16(7-9-20(22)35)25-24(26(36)17-8-10-21-23(14-17)41-12-11-40-21)27(37)28(38)34(25)29-32-33-30(43-29)42-15-18-5-3-4-6-19(18)31/h3-10,13-14,25,35-36H,2,11-12,15H2,1H3/b26-24+. The Hall–Kier alpha value is -4.62. The van der Waals surface area contributed by atoms with Crippen LogP contribution in [0.25, 0.3) is 5.76 Å². The van der Waals surface area contributed by atoms with E-state index >= 15 is 0 Å². The highest BCUT2D eigenvalue weighted by Crippen LogP contribution is 2.46. The van der Waals surface area contributed by atoms with Crippen LogP contribution >= 0.6 is 23.1 Å². The van der Waals surface area contributed by atoms with Crippen molar-refractivity contribution in [3.8, 4) is 23.0 Å². The fourth-order valence-electron chi connectivity index (χ4n) is 4.78. The van der Waals surface area contributed by atoms with Crippen LogP contribution in [0.4, 0.5) is 9.52 Å².